The minimum absolute atomic E-state index is 0.110. The SMILES string of the molecule is CCOc1ccc(NC(=O)CCCNC(=O)c2ccsc2)cc1OCC. The number of carbonyl (C=O) groups excluding carboxylic acids is 2. The number of nitrogens with one attached hydrogen (secondary N) is 2. The summed E-state index contributed by atoms with van der Waals surface area (Å²) in [6.45, 7) is 5.31. The van der Waals surface area contributed by atoms with Crippen LogP contribution in [0.2, 0.25) is 0 Å². The van der Waals surface area contributed by atoms with Gasteiger partial charge in [0.15, 0.2) is 11.5 Å². The summed E-state index contributed by atoms with van der Waals surface area (Å²) < 4.78 is 11.1. The van der Waals surface area contributed by atoms with Gasteiger partial charge in [-0.3, -0.25) is 9.59 Å². The number of amides is 2. The molecule has 0 spiro atoms. The van der Waals surface area contributed by atoms with Crippen molar-refractivity contribution >= 4 is 28.8 Å². The predicted molar refractivity (Wildman–Crippen MR) is 103 cm³/mol. The number of hydrogen-bond acceptors (Lipinski definition) is 5. The second-order valence-corrected chi connectivity index (χ2v) is 6.23. The van der Waals surface area contributed by atoms with E-state index in [1.54, 1.807) is 29.6 Å². The number of ether oxygens (including phenoxy) is 2. The molecule has 0 fully saturated rings. The molecule has 2 aromatic rings. The highest BCUT2D eigenvalue weighted by Crippen LogP contribution is 2.30. The molecule has 0 radical (unpaired) electrons. The van der Waals surface area contributed by atoms with Crippen LogP contribution >= 0.6 is 11.3 Å². The third-order valence-electron chi connectivity index (χ3n) is 3.48. The molecule has 0 unspecified atom stereocenters. The summed E-state index contributed by atoms with van der Waals surface area (Å²) in [6, 6.07) is 7.09. The molecular formula is C19H24N2O4S. The van der Waals surface area contributed by atoms with Crippen molar-refractivity contribution in [1.29, 1.82) is 0 Å². The number of thiophene rings is 1. The van der Waals surface area contributed by atoms with E-state index in [0.29, 0.717) is 55.4 Å². The Kier molecular flexibility index (Phi) is 7.95. The molecule has 26 heavy (non-hydrogen) atoms. The van der Waals surface area contributed by atoms with Crippen molar-refractivity contribution < 1.29 is 19.1 Å². The first-order chi connectivity index (χ1) is 12.6. The van der Waals surface area contributed by atoms with Crippen LogP contribution in [-0.2, 0) is 4.79 Å². The Morgan fingerprint density at radius 3 is 2.54 bits per heavy atom. The van der Waals surface area contributed by atoms with Gasteiger partial charge >= 0.3 is 0 Å². The van der Waals surface area contributed by atoms with Gasteiger partial charge in [0, 0.05) is 35.7 Å². The number of anilines is 1. The largest absolute Gasteiger partial charge is 0.490 e. The van der Waals surface area contributed by atoms with Gasteiger partial charge in [0.05, 0.1) is 13.2 Å². The van der Waals surface area contributed by atoms with Crippen LogP contribution in [0, 0.1) is 0 Å². The Labute approximate surface area is 157 Å². The van der Waals surface area contributed by atoms with Crippen LogP contribution in [0.1, 0.15) is 37.0 Å². The highest BCUT2D eigenvalue weighted by atomic mass is 32.1. The summed E-state index contributed by atoms with van der Waals surface area (Å²) in [5.41, 5.74) is 1.31. The molecule has 140 valence electrons. The Morgan fingerprint density at radius 1 is 1.08 bits per heavy atom. The Balaban J connectivity index is 1.78. The molecule has 2 amide bonds. The van der Waals surface area contributed by atoms with Crippen LogP contribution in [0.4, 0.5) is 5.69 Å². The zero-order valence-electron chi connectivity index (χ0n) is 15.0. The molecule has 0 aliphatic heterocycles. The molecule has 1 aromatic carbocycles. The van der Waals surface area contributed by atoms with Gasteiger partial charge in [-0.1, -0.05) is 0 Å². The molecule has 0 saturated carbocycles. The lowest BCUT2D eigenvalue weighted by Gasteiger charge is -2.13. The van der Waals surface area contributed by atoms with E-state index >= 15 is 0 Å². The smallest absolute Gasteiger partial charge is 0.252 e. The highest BCUT2D eigenvalue weighted by molar-refractivity contribution is 7.08. The molecule has 1 heterocycles. The molecule has 0 saturated heterocycles. The van der Waals surface area contributed by atoms with Crippen LogP contribution < -0.4 is 20.1 Å². The fourth-order valence-corrected chi connectivity index (χ4v) is 2.93. The molecule has 0 bridgehead atoms. The lowest BCUT2D eigenvalue weighted by Crippen LogP contribution is -2.25. The van der Waals surface area contributed by atoms with E-state index in [4.69, 9.17) is 9.47 Å². The Bertz CT molecular complexity index is 716. The summed E-state index contributed by atoms with van der Waals surface area (Å²) in [6.07, 6.45) is 0.887. The van der Waals surface area contributed by atoms with Crippen molar-refractivity contribution in [2.75, 3.05) is 25.1 Å². The minimum Gasteiger partial charge on any atom is -0.490 e. The molecular weight excluding hydrogens is 352 g/mol. The topological polar surface area (TPSA) is 76.7 Å². The van der Waals surface area contributed by atoms with Gasteiger partial charge in [-0.25, -0.2) is 0 Å². The third kappa shape index (κ3) is 6.07. The lowest BCUT2D eigenvalue weighted by atomic mass is 10.2. The number of benzene rings is 1. The average molecular weight is 376 g/mol. The first kappa shape index (κ1) is 19.8. The summed E-state index contributed by atoms with van der Waals surface area (Å²) in [7, 11) is 0. The van der Waals surface area contributed by atoms with Gasteiger partial charge in [-0.2, -0.15) is 11.3 Å². The Hall–Kier alpha value is -2.54. The van der Waals surface area contributed by atoms with Gasteiger partial charge in [-0.15, -0.1) is 0 Å². The van der Waals surface area contributed by atoms with Gasteiger partial charge in [0.2, 0.25) is 5.91 Å². The van der Waals surface area contributed by atoms with E-state index in [0.717, 1.165) is 0 Å². The summed E-state index contributed by atoms with van der Waals surface area (Å²) in [5.74, 6) is 1.04. The second-order valence-electron chi connectivity index (χ2n) is 5.45. The quantitative estimate of drug-likeness (QED) is 0.620. The highest BCUT2D eigenvalue weighted by Gasteiger charge is 2.09. The number of carbonyl (C=O) groups is 2. The first-order valence-corrected chi connectivity index (χ1v) is 9.58. The minimum atomic E-state index is -0.112. The van der Waals surface area contributed by atoms with Crippen LogP contribution in [0.25, 0.3) is 0 Å². The predicted octanol–water partition coefficient (Wildman–Crippen LogP) is 3.69. The number of rotatable bonds is 10. The van der Waals surface area contributed by atoms with Gasteiger partial charge < -0.3 is 20.1 Å². The van der Waals surface area contributed by atoms with Crippen LogP contribution in [-0.4, -0.2) is 31.6 Å². The molecule has 0 atom stereocenters. The van der Waals surface area contributed by atoms with Crippen LogP contribution in [0.15, 0.2) is 35.0 Å². The van der Waals surface area contributed by atoms with Gasteiger partial charge in [0.25, 0.3) is 5.91 Å². The van der Waals surface area contributed by atoms with Gasteiger partial charge in [0.1, 0.15) is 0 Å². The normalized spacial score (nSPS) is 10.2. The lowest BCUT2D eigenvalue weighted by molar-refractivity contribution is -0.116. The van der Waals surface area contributed by atoms with E-state index in [9.17, 15) is 9.59 Å². The molecule has 1 aromatic heterocycles. The first-order valence-electron chi connectivity index (χ1n) is 8.64. The van der Waals surface area contributed by atoms with Crippen molar-refractivity contribution in [1.82, 2.24) is 5.32 Å². The zero-order chi connectivity index (χ0) is 18.8. The average Bonchev–Trinajstić information content (AvgIpc) is 3.16. The molecule has 2 rings (SSSR count). The third-order valence-corrected chi connectivity index (χ3v) is 4.16. The van der Waals surface area contributed by atoms with Crippen molar-refractivity contribution in [3.8, 4) is 11.5 Å². The molecule has 2 N–H and O–H groups in total. The monoisotopic (exact) mass is 376 g/mol. The maximum atomic E-state index is 12.1. The van der Waals surface area contributed by atoms with E-state index in [1.165, 1.54) is 11.3 Å². The fourth-order valence-electron chi connectivity index (χ4n) is 2.30. The summed E-state index contributed by atoms with van der Waals surface area (Å²) in [5, 5.41) is 9.30. The standard InChI is InChI=1S/C19H24N2O4S/c1-3-24-16-8-7-15(12-17(16)25-4-2)21-18(22)6-5-10-20-19(23)14-9-11-26-13-14/h7-9,11-13H,3-6,10H2,1-2H3,(H,20,23)(H,21,22). The Morgan fingerprint density at radius 2 is 1.85 bits per heavy atom. The summed E-state index contributed by atoms with van der Waals surface area (Å²) >= 11 is 1.48. The molecule has 0 aliphatic carbocycles. The van der Waals surface area contributed by atoms with E-state index in [1.807, 2.05) is 19.2 Å². The maximum Gasteiger partial charge on any atom is 0.252 e. The number of hydrogen-bond donors (Lipinski definition) is 2. The fraction of sp³-hybridized carbons (Fsp3) is 0.368. The van der Waals surface area contributed by atoms with Crippen LogP contribution in [0.5, 0.6) is 11.5 Å². The van der Waals surface area contributed by atoms with Crippen molar-refractivity contribution in [3.63, 3.8) is 0 Å². The van der Waals surface area contributed by atoms with Crippen molar-refractivity contribution in [2.24, 2.45) is 0 Å². The van der Waals surface area contributed by atoms with E-state index in [2.05, 4.69) is 10.6 Å². The van der Waals surface area contributed by atoms with Crippen molar-refractivity contribution in [2.45, 2.75) is 26.7 Å². The second kappa shape index (κ2) is 10.5. The van der Waals surface area contributed by atoms with Crippen molar-refractivity contribution in [3.05, 3.63) is 40.6 Å². The van der Waals surface area contributed by atoms with Crippen LogP contribution in [0.3, 0.4) is 0 Å². The zero-order valence-corrected chi connectivity index (χ0v) is 15.9. The molecule has 0 aliphatic rings. The molecule has 6 nitrogen and oxygen atoms in total. The maximum absolute atomic E-state index is 12.1. The van der Waals surface area contributed by atoms with E-state index in [-0.39, 0.29) is 11.8 Å². The van der Waals surface area contributed by atoms with E-state index < -0.39 is 0 Å². The van der Waals surface area contributed by atoms with Gasteiger partial charge in [-0.05, 0) is 43.8 Å². The molecule has 7 heteroatoms. The summed E-state index contributed by atoms with van der Waals surface area (Å²) in [4.78, 5) is 23.9.